The maximum Gasteiger partial charge on any atom is 0.410 e. The zero-order valence-corrected chi connectivity index (χ0v) is 11.0. The molecule has 1 aliphatic heterocycles. The number of carbonyl (C=O) groups is 1. The van der Waals surface area contributed by atoms with E-state index in [1.165, 1.54) is 0 Å². The number of amides is 1. The van der Waals surface area contributed by atoms with Gasteiger partial charge in [-0.25, -0.2) is 4.79 Å². The first-order valence-electron chi connectivity index (χ1n) is 5.07. The van der Waals surface area contributed by atoms with E-state index in [-0.39, 0.29) is 12.1 Å². The number of ether oxygens (including phenoxy) is 1. The van der Waals surface area contributed by atoms with E-state index >= 15 is 0 Å². The number of aliphatic hydroxyl groups is 1. The molecule has 5 heteroatoms. The van der Waals surface area contributed by atoms with Crippen molar-refractivity contribution in [2.45, 2.75) is 44.9 Å². The van der Waals surface area contributed by atoms with Crippen LogP contribution in [0.5, 0.6) is 0 Å². The van der Waals surface area contributed by atoms with Crippen LogP contribution in [0, 0.1) is 0 Å². The van der Waals surface area contributed by atoms with E-state index in [4.69, 9.17) is 4.74 Å². The molecule has 1 heterocycles. The molecule has 88 valence electrons. The molecular formula is C10H18BrNO3. The second kappa shape index (κ2) is 4.70. The van der Waals surface area contributed by atoms with E-state index in [0.717, 1.165) is 0 Å². The minimum atomic E-state index is -0.485. The highest BCUT2D eigenvalue weighted by molar-refractivity contribution is 9.09. The molecule has 1 aliphatic rings. The average molecular weight is 280 g/mol. The van der Waals surface area contributed by atoms with Crippen molar-refractivity contribution in [3.63, 3.8) is 0 Å². The first-order chi connectivity index (χ1) is 6.83. The summed E-state index contributed by atoms with van der Waals surface area (Å²) in [4.78, 5) is 13.3. The summed E-state index contributed by atoms with van der Waals surface area (Å²) in [5.74, 6) is 0. The first-order valence-corrected chi connectivity index (χ1v) is 6.19. The predicted octanol–water partition coefficient (Wildman–Crippen LogP) is 1.75. The third kappa shape index (κ3) is 3.65. The molecular weight excluding hydrogens is 262 g/mol. The molecule has 4 nitrogen and oxygen atoms in total. The Bertz CT molecular complexity index is 239. The van der Waals surface area contributed by atoms with Crippen molar-refractivity contribution in [1.82, 2.24) is 4.90 Å². The van der Waals surface area contributed by atoms with Crippen LogP contribution in [-0.4, -0.2) is 45.7 Å². The molecule has 1 amide bonds. The Kier molecular flexibility index (Phi) is 4.00. The summed E-state index contributed by atoms with van der Waals surface area (Å²) >= 11 is 3.33. The standard InChI is InChI=1S/C10H18BrNO3/c1-10(2,3)15-9(14)12-6-8(13)4-7(12)5-11/h7-8,13H,4-6H2,1-3H3/t7-,8-/m1/s1. The molecule has 0 bridgehead atoms. The number of hydrogen-bond donors (Lipinski definition) is 1. The van der Waals surface area contributed by atoms with Crippen LogP contribution in [0.15, 0.2) is 0 Å². The molecule has 0 radical (unpaired) electrons. The molecule has 0 aromatic heterocycles. The van der Waals surface area contributed by atoms with Gasteiger partial charge in [-0.2, -0.15) is 0 Å². The summed E-state index contributed by atoms with van der Waals surface area (Å²) in [5.41, 5.74) is -0.485. The lowest BCUT2D eigenvalue weighted by Gasteiger charge is -2.27. The van der Waals surface area contributed by atoms with Crippen molar-refractivity contribution in [3.05, 3.63) is 0 Å². The second-order valence-corrected chi connectivity index (χ2v) is 5.48. The van der Waals surface area contributed by atoms with Crippen molar-refractivity contribution in [2.24, 2.45) is 0 Å². The Balaban J connectivity index is 2.59. The van der Waals surface area contributed by atoms with Gasteiger partial charge in [-0.1, -0.05) is 15.9 Å². The van der Waals surface area contributed by atoms with E-state index in [9.17, 15) is 9.90 Å². The maximum absolute atomic E-state index is 11.7. The molecule has 1 fully saturated rings. The number of nitrogens with zero attached hydrogens (tertiary/aromatic N) is 1. The third-order valence-electron chi connectivity index (χ3n) is 2.20. The Morgan fingerprint density at radius 2 is 2.20 bits per heavy atom. The lowest BCUT2D eigenvalue weighted by atomic mass is 10.2. The summed E-state index contributed by atoms with van der Waals surface area (Å²) in [6, 6.07) is 0.0369. The van der Waals surface area contributed by atoms with Crippen LogP contribution in [0.2, 0.25) is 0 Å². The fourth-order valence-electron chi connectivity index (χ4n) is 1.58. The Morgan fingerprint density at radius 1 is 1.60 bits per heavy atom. The highest BCUT2D eigenvalue weighted by Gasteiger charge is 2.35. The number of carbonyl (C=O) groups excluding carboxylic acids is 1. The van der Waals surface area contributed by atoms with E-state index in [0.29, 0.717) is 18.3 Å². The maximum atomic E-state index is 11.7. The molecule has 1 N–H and O–H groups in total. The normalized spacial score (nSPS) is 26.9. The van der Waals surface area contributed by atoms with E-state index in [1.807, 2.05) is 20.8 Å². The highest BCUT2D eigenvalue weighted by Crippen LogP contribution is 2.22. The summed E-state index contributed by atoms with van der Waals surface area (Å²) < 4.78 is 5.26. The summed E-state index contributed by atoms with van der Waals surface area (Å²) in [7, 11) is 0. The Hall–Kier alpha value is -0.290. The molecule has 2 atom stereocenters. The van der Waals surface area contributed by atoms with Gasteiger partial charge in [-0.15, -0.1) is 0 Å². The number of likely N-dealkylation sites (tertiary alicyclic amines) is 1. The Labute approximate surface area is 98.7 Å². The van der Waals surface area contributed by atoms with Crippen LogP contribution in [0.25, 0.3) is 0 Å². The minimum absolute atomic E-state index is 0.0369. The molecule has 0 aliphatic carbocycles. The molecule has 0 aromatic rings. The zero-order valence-electron chi connectivity index (χ0n) is 9.36. The fraction of sp³-hybridized carbons (Fsp3) is 0.900. The zero-order chi connectivity index (χ0) is 11.6. The summed E-state index contributed by atoms with van der Waals surface area (Å²) in [6.07, 6.45) is -0.159. The van der Waals surface area contributed by atoms with Gasteiger partial charge in [0.05, 0.1) is 12.6 Å². The van der Waals surface area contributed by atoms with Crippen molar-refractivity contribution < 1.29 is 14.6 Å². The van der Waals surface area contributed by atoms with Gasteiger partial charge >= 0.3 is 6.09 Å². The number of β-amino-alcohol motifs (C(OH)–C–C–N with tert-alkyl or cyclic N) is 1. The van der Waals surface area contributed by atoms with Gasteiger partial charge in [-0.05, 0) is 27.2 Å². The van der Waals surface area contributed by atoms with Gasteiger partial charge in [0.25, 0.3) is 0 Å². The summed E-state index contributed by atoms with van der Waals surface area (Å²) in [6.45, 7) is 5.87. The summed E-state index contributed by atoms with van der Waals surface area (Å²) in [5, 5.41) is 10.1. The van der Waals surface area contributed by atoms with Crippen LogP contribution in [0.3, 0.4) is 0 Å². The van der Waals surface area contributed by atoms with E-state index in [1.54, 1.807) is 4.90 Å². The quantitative estimate of drug-likeness (QED) is 0.744. The average Bonchev–Trinajstić information content (AvgIpc) is 2.43. The number of aliphatic hydroxyl groups excluding tert-OH is 1. The third-order valence-corrected chi connectivity index (χ3v) is 2.95. The van der Waals surface area contributed by atoms with Crippen molar-refractivity contribution in [3.8, 4) is 0 Å². The fourth-order valence-corrected chi connectivity index (χ4v) is 2.20. The van der Waals surface area contributed by atoms with Crippen LogP contribution >= 0.6 is 15.9 Å². The topological polar surface area (TPSA) is 49.8 Å². The van der Waals surface area contributed by atoms with Gasteiger partial charge in [-0.3, -0.25) is 0 Å². The van der Waals surface area contributed by atoms with Crippen molar-refractivity contribution in [1.29, 1.82) is 0 Å². The second-order valence-electron chi connectivity index (χ2n) is 4.83. The molecule has 15 heavy (non-hydrogen) atoms. The molecule has 0 aromatic carbocycles. The van der Waals surface area contributed by atoms with Crippen LogP contribution in [0.1, 0.15) is 27.2 Å². The van der Waals surface area contributed by atoms with Gasteiger partial charge in [0, 0.05) is 11.4 Å². The lowest BCUT2D eigenvalue weighted by molar-refractivity contribution is 0.0223. The molecule has 1 rings (SSSR count). The van der Waals surface area contributed by atoms with Gasteiger partial charge in [0.15, 0.2) is 0 Å². The number of rotatable bonds is 1. The van der Waals surface area contributed by atoms with Gasteiger partial charge < -0.3 is 14.7 Å². The lowest BCUT2D eigenvalue weighted by Crippen LogP contribution is -2.40. The van der Waals surface area contributed by atoms with Crippen molar-refractivity contribution in [2.75, 3.05) is 11.9 Å². The number of hydrogen-bond acceptors (Lipinski definition) is 3. The number of alkyl halides is 1. The monoisotopic (exact) mass is 279 g/mol. The van der Waals surface area contributed by atoms with Gasteiger partial charge in [0.2, 0.25) is 0 Å². The van der Waals surface area contributed by atoms with Crippen LogP contribution < -0.4 is 0 Å². The van der Waals surface area contributed by atoms with E-state index < -0.39 is 11.7 Å². The predicted molar refractivity (Wildman–Crippen MR) is 61.1 cm³/mol. The Morgan fingerprint density at radius 3 is 2.67 bits per heavy atom. The van der Waals surface area contributed by atoms with Crippen LogP contribution in [-0.2, 0) is 4.74 Å². The highest BCUT2D eigenvalue weighted by atomic mass is 79.9. The minimum Gasteiger partial charge on any atom is -0.444 e. The van der Waals surface area contributed by atoms with Gasteiger partial charge in [0.1, 0.15) is 5.60 Å². The molecule has 1 saturated heterocycles. The largest absolute Gasteiger partial charge is 0.444 e. The first kappa shape index (κ1) is 12.8. The number of halogens is 1. The smallest absolute Gasteiger partial charge is 0.410 e. The van der Waals surface area contributed by atoms with Crippen LogP contribution in [0.4, 0.5) is 4.79 Å². The SMILES string of the molecule is CC(C)(C)OC(=O)N1C[C@H](O)C[C@@H]1CBr. The molecule has 0 saturated carbocycles. The molecule has 0 spiro atoms. The van der Waals surface area contributed by atoms with Crippen molar-refractivity contribution >= 4 is 22.0 Å². The van der Waals surface area contributed by atoms with E-state index in [2.05, 4.69) is 15.9 Å². The molecule has 0 unspecified atom stereocenters.